The Kier molecular flexibility index (Phi) is 6.02. The first-order valence-corrected chi connectivity index (χ1v) is 9.42. The smallest absolute Gasteiger partial charge is 0.240 e. The largest absolute Gasteiger partial charge is 0.390 e. The predicted octanol–water partition coefficient (Wildman–Crippen LogP) is 1.85. The fourth-order valence-electron chi connectivity index (χ4n) is 2.91. The van der Waals surface area contributed by atoms with Gasteiger partial charge in [-0.15, -0.1) is 0 Å². The first kappa shape index (κ1) is 18.6. The summed E-state index contributed by atoms with van der Waals surface area (Å²) in [5.41, 5.74) is 0. The van der Waals surface area contributed by atoms with E-state index in [2.05, 4.69) is 23.5 Å². The average molecular weight is 365 g/mol. The molecule has 5 nitrogen and oxygen atoms in total. The van der Waals surface area contributed by atoms with Gasteiger partial charge in [-0.3, -0.25) is 4.90 Å². The Morgan fingerprint density at radius 1 is 1.48 bits per heavy atom. The maximum atomic E-state index is 13.4. The van der Waals surface area contributed by atoms with Crippen molar-refractivity contribution in [1.29, 1.82) is 0 Å². The van der Waals surface area contributed by atoms with Crippen molar-refractivity contribution in [2.75, 3.05) is 19.6 Å². The molecule has 0 amide bonds. The van der Waals surface area contributed by atoms with Crippen molar-refractivity contribution < 1.29 is 17.9 Å². The molecule has 3 unspecified atom stereocenters. The summed E-state index contributed by atoms with van der Waals surface area (Å²) in [5, 5.41) is 9.92. The third kappa shape index (κ3) is 4.87. The molecule has 0 aromatic heterocycles. The SMILES string of the molecule is CC1CC(C)N(CC(O)CNS(=O)(=O)c2ccc(Cl)c(F)c2)C1. The van der Waals surface area contributed by atoms with Gasteiger partial charge in [0.1, 0.15) is 5.82 Å². The topological polar surface area (TPSA) is 69.6 Å². The van der Waals surface area contributed by atoms with Crippen LogP contribution in [0.15, 0.2) is 23.1 Å². The molecule has 0 radical (unpaired) electrons. The quantitative estimate of drug-likeness (QED) is 0.808. The number of nitrogens with one attached hydrogen (secondary N) is 1. The number of likely N-dealkylation sites (tertiary alicyclic amines) is 1. The predicted molar refractivity (Wildman–Crippen MR) is 87.4 cm³/mol. The van der Waals surface area contributed by atoms with Crippen LogP contribution in [0.3, 0.4) is 0 Å². The van der Waals surface area contributed by atoms with Crippen LogP contribution < -0.4 is 4.72 Å². The highest BCUT2D eigenvalue weighted by Crippen LogP contribution is 2.22. The van der Waals surface area contributed by atoms with Crippen LogP contribution in [0.4, 0.5) is 4.39 Å². The average Bonchev–Trinajstić information content (AvgIpc) is 2.77. The van der Waals surface area contributed by atoms with Crippen molar-refractivity contribution in [2.24, 2.45) is 5.92 Å². The van der Waals surface area contributed by atoms with Gasteiger partial charge in [0.05, 0.1) is 16.0 Å². The molecule has 3 atom stereocenters. The Hall–Kier alpha value is -0.730. The number of halogens is 2. The zero-order chi connectivity index (χ0) is 17.2. The molecule has 1 heterocycles. The lowest BCUT2D eigenvalue weighted by Crippen LogP contribution is -2.41. The van der Waals surface area contributed by atoms with Crippen LogP contribution in [0.25, 0.3) is 0 Å². The maximum Gasteiger partial charge on any atom is 0.240 e. The van der Waals surface area contributed by atoms with E-state index in [0.717, 1.165) is 19.0 Å². The van der Waals surface area contributed by atoms with Gasteiger partial charge >= 0.3 is 0 Å². The maximum absolute atomic E-state index is 13.4. The fourth-order valence-corrected chi connectivity index (χ4v) is 4.11. The van der Waals surface area contributed by atoms with E-state index in [1.165, 1.54) is 12.1 Å². The van der Waals surface area contributed by atoms with Crippen molar-refractivity contribution in [2.45, 2.75) is 37.3 Å². The lowest BCUT2D eigenvalue weighted by molar-refractivity contribution is 0.111. The molecule has 1 aliphatic rings. The number of hydrogen-bond donors (Lipinski definition) is 2. The van der Waals surface area contributed by atoms with E-state index < -0.39 is 21.9 Å². The third-order valence-electron chi connectivity index (χ3n) is 4.07. The van der Waals surface area contributed by atoms with Crippen molar-refractivity contribution in [3.05, 3.63) is 29.0 Å². The summed E-state index contributed by atoms with van der Waals surface area (Å²) in [5.74, 6) is -0.221. The Morgan fingerprint density at radius 2 is 2.17 bits per heavy atom. The first-order valence-electron chi connectivity index (χ1n) is 7.56. The summed E-state index contributed by atoms with van der Waals surface area (Å²) in [4.78, 5) is 1.93. The highest BCUT2D eigenvalue weighted by Gasteiger charge is 2.28. The summed E-state index contributed by atoms with van der Waals surface area (Å²) in [6.07, 6.45) is 0.248. The van der Waals surface area contributed by atoms with Gasteiger partial charge < -0.3 is 5.11 Å². The molecule has 0 spiro atoms. The molecule has 1 aromatic rings. The van der Waals surface area contributed by atoms with Gasteiger partial charge in [-0.1, -0.05) is 18.5 Å². The van der Waals surface area contributed by atoms with Gasteiger partial charge in [0.2, 0.25) is 10.0 Å². The first-order chi connectivity index (χ1) is 10.7. The number of sulfonamides is 1. The number of rotatable bonds is 6. The molecular formula is C15H22ClFN2O3S. The van der Waals surface area contributed by atoms with E-state index in [4.69, 9.17) is 11.6 Å². The molecule has 1 saturated heterocycles. The van der Waals surface area contributed by atoms with Gasteiger partial charge in [-0.25, -0.2) is 17.5 Å². The zero-order valence-corrected chi connectivity index (χ0v) is 14.7. The molecule has 1 fully saturated rings. The van der Waals surface area contributed by atoms with Crippen LogP contribution in [0.2, 0.25) is 5.02 Å². The second-order valence-electron chi connectivity index (χ2n) is 6.23. The van der Waals surface area contributed by atoms with E-state index in [0.29, 0.717) is 18.5 Å². The Bertz CT molecular complexity index is 656. The lowest BCUT2D eigenvalue weighted by atomic mass is 10.1. The molecule has 1 aromatic carbocycles. The minimum atomic E-state index is -3.88. The number of aliphatic hydroxyl groups is 1. The second kappa shape index (κ2) is 7.44. The zero-order valence-electron chi connectivity index (χ0n) is 13.2. The van der Waals surface area contributed by atoms with Crippen molar-refractivity contribution in [3.63, 3.8) is 0 Å². The molecular weight excluding hydrogens is 343 g/mol. The van der Waals surface area contributed by atoms with E-state index in [1.807, 2.05) is 0 Å². The van der Waals surface area contributed by atoms with Gasteiger partial charge in [-0.2, -0.15) is 0 Å². The molecule has 2 N–H and O–H groups in total. The minimum absolute atomic E-state index is 0.121. The Balaban J connectivity index is 1.92. The van der Waals surface area contributed by atoms with Gasteiger partial charge in [0.25, 0.3) is 0 Å². The normalized spacial score (nSPS) is 24.0. The number of hydrogen-bond acceptors (Lipinski definition) is 4. The van der Waals surface area contributed by atoms with Crippen LogP contribution >= 0.6 is 11.6 Å². The minimum Gasteiger partial charge on any atom is -0.390 e. The van der Waals surface area contributed by atoms with Crippen LogP contribution in [-0.2, 0) is 10.0 Å². The van der Waals surface area contributed by atoms with Crippen molar-refractivity contribution in [1.82, 2.24) is 9.62 Å². The number of benzene rings is 1. The van der Waals surface area contributed by atoms with Gasteiger partial charge in [0.15, 0.2) is 0 Å². The monoisotopic (exact) mass is 364 g/mol. The molecule has 0 aliphatic carbocycles. The number of β-amino-alcohol motifs (C(OH)–C–C–N with tert-alkyl or cyclic N) is 1. The summed E-state index contributed by atoms with van der Waals surface area (Å²) in [6, 6.07) is 3.66. The van der Waals surface area contributed by atoms with Gasteiger partial charge in [-0.05, 0) is 37.5 Å². The fraction of sp³-hybridized carbons (Fsp3) is 0.600. The highest BCUT2D eigenvalue weighted by atomic mass is 35.5. The second-order valence-corrected chi connectivity index (χ2v) is 8.40. The molecule has 0 saturated carbocycles. The summed E-state index contributed by atoms with van der Waals surface area (Å²) >= 11 is 5.54. The number of aliphatic hydroxyl groups excluding tert-OH is 1. The molecule has 1 aliphatic heterocycles. The molecule has 130 valence electrons. The molecule has 8 heteroatoms. The summed E-state index contributed by atoms with van der Waals surface area (Å²) < 4.78 is 39.9. The lowest BCUT2D eigenvalue weighted by Gasteiger charge is -2.24. The Labute approximate surface area is 141 Å². The van der Waals surface area contributed by atoms with E-state index in [9.17, 15) is 17.9 Å². The van der Waals surface area contributed by atoms with Gasteiger partial charge in [0, 0.05) is 25.7 Å². The van der Waals surface area contributed by atoms with Crippen LogP contribution in [-0.4, -0.2) is 50.2 Å². The van der Waals surface area contributed by atoms with Crippen LogP contribution in [0, 0.1) is 11.7 Å². The molecule has 23 heavy (non-hydrogen) atoms. The molecule has 2 rings (SSSR count). The number of nitrogens with zero attached hydrogens (tertiary/aromatic N) is 1. The third-order valence-corrected chi connectivity index (χ3v) is 5.80. The van der Waals surface area contributed by atoms with E-state index >= 15 is 0 Å². The summed E-state index contributed by atoms with van der Waals surface area (Å²) in [7, 11) is -3.88. The van der Waals surface area contributed by atoms with E-state index in [-0.39, 0.29) is 16.5 Å². The van der Waals surface area contributed by atoms with Crippen molar-refractivity contribution >= 4 is 21.6 Å². The van der Waals surface area contributed by atoms with Crippen LogP contribution in [0.1, 0.15) is 20.3 Å². The van der Waals surface area contributed by atoms with E-state index in [1.54, 1.807) is 0 Å². The summed E-state index contributed by atoms with van der Waals surface area (Å²) in [6.45, 7) is 5.43. The van der Waals surface area contributed by atoms with Crippen LogP contribution in [0.5, 0.6) is 0 Å². The Morgan fingerprint density at radius 3 is 2.74 bits per heavy atom. The molecule has 0 bridgehead atoms. The van der Waals surface area contributed by atoms with Crippen molar-refractivity contribution in [3.8, 4) is 0 Å². The standard InChI is InChI=1S/C15H22ClFN2O3S/c1-10-5-11(2)19(8-10)9-12(20)7-18-23(21,22)13-3-4-14(16)15(17)6-13/h3-4,6,10-12,18,20H,5,7-9H2,1-2H3. The highest BCUT2D eigenvalue weighted by molar-refractivity contribution is 7.89.